The molecule has 3 nitrogen and oxygen atoms in total. The fourth-order valence-corrected chi connectivity index (χ4v) is 1.25. The molecule has 2 heterocycles. The molecular formula is C7H13N3. The van der Waals surface area contributed by atoms with Crippen LogP contribution in [0.25, 0.3) is 0 Å². The number of nitrogens with one attached hydrogen (secondary N) is 1. The van der Waals surface area contributed by atoms with Crippen molar-refractivity contribution in [1.29, 1.82) is 0 Å². The molecule has 0 aromatic heterocycles. The summed E-state index contributed by atoms with van der Waals surface area (Å²) in [7, 11) is 0. The van der Waals surface area contributed by atoms with Crippen LogP contribution in [0.3, 0.4) is 0 Å². The molecule has 0 radical (unpaired) electrons. The van der Waals surface area contributed by atoms with E-state index in [0.717, 1.165) is 12.5 Å². The minimum absolute atomic E-state index is 0.551. The van der Waals surface area contributed by atoms with Gasteiger partial charge in [0.05, 0.1) is 6.54 Å². The maximum Gasteiger partial charge on any atom is 0.194 e. The normalized spacial score (nSPS) is 31.1. The van der Waals surface area contributed by atoms with Crippen LogP contribution in [-0.2, 0) is 0 Å². The van der Waals surface area contributed by atoms with Crippen LogP contribution in [0.2, 0.25) is 0 Å². The van der Waals surface area contributed by atoms with Crippen molar-refractivity contribution in [3.05, 3.63) is 0 Å². The van der Waals surface area contributed by atoms with Gasteiger partial charge in [0.1, 0.15) is 0 Å². The van der Waals surface area contributed by atoms with Crippen LogP contribution in [0, 0.1) is 0 Å². The van der Waals surface area contributed by atoms with Crippen molar-refractivity contribution >= 4 is 5.96 Å². The molecule has 0 amide bonds. The molecule has 1 fully saturated rings. The maximum absolute atomic E-state index is 4.37. The molecule has 1 saturated heterocycles. The molecular weight excluding hydrogens is 126 g/mol. The minimum Gasteiger partial charge on any atom is -0.352 e. The second-order valence-electron chi connectivity index (χ2n) is 3.05. The Morgan fingerprint density at radius 1 is 1.60 bits per heavy atom. The van der Waals surface area contributed by atoms with Crippen LogP contribution >= 0.6 is 0 Å². The first-order valence-corrected chi connectivity index (χ1v) is 3.92. The number of guanidine groups is 1. The quantitative estimate of drug-likeness (QED) is 0.513. The van der Waals surface area contributed by atoms with E-state index in [1.54, 1.807) is 0 Å². The Hall–Kier alpha value is -0.730. The summed E-state index contributed by atoms with van der Waals surface area (Å²) in [5.41, 5.74) is 0. The molecule has 2 aliphatic heterocycles. The molecule has 2 rings (SSSR count). The Balaban J connectivity index is 1.93. The average molecular weight is 139 g/mol. The number of rotatable bonds is 0. The third kappa shape index (κ3) is 0.856. The first-order chi connectivity index (χ1) is 4.86. The molecule has 1 N–H and O–H groups in total. The van der Waals surface area contributed by atoms with Crippen LogP contribution in [0.15, 0.2) is 4.99 Å². The molecule has 0 saturated carbocycles. The smallest absolute Gasteiger partial charge is 0.194 e. The van der Waals surface area contributed by atoms with E-state index >= 15 is 0 Å². The Bertz CT molecular complexity index is 160. The van der Waals surface area contributed by atoms with Gasteiger partial charge in [0.25, 0.3) is 0 Å². The van der Waals surface area contributed by atoms with Crippen molar-refractivity contribution in [1.82, 2.24) is 10.2 Å². The number of nitrogens with zero attached hydrogens (tertiary/aromatic N) is 2. The van der Waals surface area contributed by atoms with Gasteiger partial charge in [0, 0.05) is 19.1 Å². The summed E-state index contributed by atoms with van der Waals surface area (Å²) in [4.78, 5) is 6.67. The van der Waals surface area contributed by atoms with Crippen LogP contribution in [-0.4, -0.2) is 36.5 Å². The summed E-state index contributed by atoms with van der Waals surface area (Å²) in [5, 5.41) is 3.33. The highest BCUT2D eigenvalue weighted by atomic mass is 15.4. The third-order valence-electron chi connectivity index (χ3n) is 2.05. The molecule has 3 heteroatoms. The molecule has 0 aromatic rings. The van der Waals surface area contributed by atoms with E-state index in [4.69, 9.17) is 0 Å². The molecule has 1 atom stereocenters. The van der Waals surface area contributed by atoms with E-state index in [2.05, 4.69) is 22.1 Å². The van der Waals surface area contributed by atoms with Gasteiger partial charge < -0.3 is 10.2 Å². The number of hydrogen-bond acceptors (Lipinski definition) is 3. The summed E-state index contributed by atoms with van der Waals surface area (Å²) in [5.74, 6) is 1.12. The monoisotopic (exact) mass is 139 g/mol. The topological polar surface area (TPSA) is 27.6 Å². The standard InChI is InChI=1S/C7H13N3/c1-6-5-8-7(9-6)10-3-2-4-10/h6H,2-5H2,1H3,(H,8,9). The zero-order valence-corrected chi connectivity index (χ0v) is 6.30. The molecule has 0 aromatic carbocycles. The van der Waals surface area contributed by atoms with Gasteiger partial charge in [-0.05, 0) is 13.3 Å². The van der Waals surface area contributed by atoms with Crippen molar-refractivity contribution in [3.8, 4) is 0 Å². The maximum atomic E-state index is 4.37. The van der Waals surface area contributed by atoms with Crippen molar-refractivity contribution in [2.45, 2.75) is 19.4 Å². The molecule has 0 bridgehead atoms. The van der Waals surface area contributed by atoms with Gasteiger partial charge in [-0.2, -0.15) is 0 Å². The van der Waals surface area contributed by atoms with Gasteiger partial charge in [-0.3, -0.25) is 4.99 Å². The predicted octanol–water partition coefficient (Wildman–Crippen LogP) is 0.0398. The van der Waals surface area contributed by atoms with Gasteiger partial charge in [-0.15, -0.1) is 0 Å². The molecule has 56 valence electrons. The Morgan fingerprint density at radius 2 is 2.40 bits per heavy atom. The van der Waals surface area contributed by atoms with E-state index < -0.39 is 0 Å². The van der Waals surface area contributed by atoms with E-state index in [9.17, 15) is 0 Å². The van der Waals surface area contributed by atoms with E-state index in [1.807, 2.05) is 0 Å². The third-order valence-corrected chi connectivity index (χ3v) is 2.05. The second-order valence-corrected chi connectivity index (χ2v) is 3.05. The molecule has 0 spiro atoms. The van der Waals surface area contributed by atoms with Gasteiger partial charge in [-0.25, -0.2) is 0 Å². The highest BCUT2D eigenvalue weighted by Gasteiger charge is 2.22. The molecule has 0 aliphatic carbocycles. The Kier molecular flexibility index (Phi) is 1.29. The van der Waals surface area contributed by atoms with Crippen LogP contribution in [0.4, 0.5) is 0 Å². The highest BCUT2D eigenvalue weighted by Crippen LogP contribution is 2.08. The number of likely N-dealkylation sites (tertiary alicyclic amines) is 1. The second kappa shape index (κ2) is 2.15. The average Bonchev–Trinajstić information content (AvgIpc) is 2.10. The van der Waals surface area contributed by atoms with Gasteiger partial charge in [0.15, 0.2) is 5.96 Å². The van der Waals surface area contributed by atoms with Crippen molar-refractivity contribution in [2.24, 2.45) is 4.99 Å². The first kappa shape index (κ1) is 6.01. The lowest BCUT2D eigenvalue weighted by Gasteiger charge is -2.32. The summed E-state index contributed by atoms with van der Waals surface area (Å²) < 4.78 is 0. The van der Waals surface area contributed by atoms with Gasteiger partial charge in [-0.1, -0.05) is 0 Å². The van der Waals surface area contributed by atoms with E-state index in [-0.39, 0.29) is 0 Å². The lowest BCUT2D eigenvalue weighted by molar-refractivity contribution is 0.291. The van der Waals surface area contributed by atoms with E-state index in [1.165, 1.54) is 19.5 Å². The van der Waals surface area contributed by atoms with Gasteiger partial charge >= 0.3 is 0 Å². The Labute approximate surface area is 61.1 Å². The zero-order chi connectivity index (χ0) is 6.97. The minimum atomic E-state index is 0.551. The lowest BCUT2D eigenvalue weighted by Crippen LogP contribution is -2.48. The van der Waals surface area contributed by atoms with Crippen LogP contribution in [0.5, 0.6) is 0 Å². The number of hydrogen-bond donors (Lipinski definition) is 1. The van der Waals surface area contributed by atoms with Crippen molar-refractivity contribution < 1.29 is 0 Å². The van der Waals surface area contributed by atoms with Gasteiger partial charge in [0.2, 0.25) is 0 Å². The van der Waals surface area contributed by atoms with Crippen molar-refractivity contribution in [2.75, 3.05) is 19.6 Å². The Morgan fingerprint density at radius 3 is 2.80 bits per heavy atom. The fraction of sp³-hybridized carbons (Fsp3) is 0.857. The number of aliphatic imine (C=N–C) groups is 1. The first-order valence-electron chi connectivity index (χ1n) is 3.92. The molecule has 1 unspecified atom stereocenters. The predicted molar refractivity (Wildman–Crippen MR) is 41.1 cm³/mol. The van der Waals surface area contributed by atoms with Crippen LogP contribution in [0.1, 0.15) is 13.3 Å². The summed E-state index contributed by atoms with van der Waals surface area (Å²) in [6, 6.07) is 0.551. The zero-order valence-electron chi connectivity index (χ0n) is 6.30. The SMILES string of the molecule is CC1CN=C(N2CCC2)N1. The summed E-state index contributed by atoms with van der Waals surface area (Å²) >= 11 is 0. The summed E-state index contributed by atoms with van der Waals surface area (Å²) in [6.45, 7) is 5.50. The van der Waals surface area contributed by atoms with Crippen molar-refractivity contribution in [3.63, 3.8) is 0 Å². The summed E-state index contributed by atoms with van der Waals surface area (Å²) in [6.07, 6.45) is 1.33. The fourth-order valence-electron chi connectivity index (χ4n) is 1.25. The molecule has 2 aliphatic rings. The lowest BCUT2D eigenvalue weighted by atomic mass is 10.2. The van der Waals surface area contributed by atoms with E-state index in [0.29, 0.717) is 6.04 Å². The molecule has 10 heavy (non-hydrogen) atoms. The highest BCUT2D eigenvalue weighted by molar-refractivity contribution is 5.82. The largest absolute Gasteiger partial charge is 0.352 e. The van der Waals surface area contributed by atoms with Crippen LogP contribution < -0.4 is 5.32 Å².